The average molecular weight is 312 g/mol. The van der Waals surface area contributed by atoms with Crippen LogP contribution in [0, 0.1) is 17.2 Å². The van der Waals surface area contributed by atoms with E-state index in [0.29, 0.717) is 17.5 Å². The first-order valence-corrected chi connectivity index (χ1v) is 8.03. The number of hydrogen-bond donors (Lipinski definition) is 1. The zero-order valence-corrected chi connectivity index (χ0v) is 13.5. The van der Waals surface area contributed by atoms with E-state index in [1.165, 1.54) is 31.0 Å². The Morgan fingerprint density at radius 1 is 1.38 bits per heavy atom. The smallest absolute Gasteiger partial charge is 0.254 e. The van der Waals surface area contributed by atoms with E-state index in [4.69, 9.17) is 11.6 Å². The van der Waals surface area contributed by atoms with Gasteiger partial charge in [-0.15, -0.1) is 0 Å². The molecular weight excluding hydrogens is 289 g/mol. The molecule has 1 aromatic rings. The quantitative estimate of drug-likeness (QED) is 0.830. The largest absolute Gasteiger partial charge is 0.351 e. The maximum absolute atomic E-state index is 13.7. The number of benzene rings is 1. The van der Waals surface area contributed by atoms with Gasteiger partial charge in [-0.1, -0.05) is 38.3 Å². The molecule has 0 spiro atoms. The van der Waals surface area contributed by atoms with Crippen molar-refractivity contribution in [2.45, 2.75) is 46.0 Å². The first-order chi connectivity index (χ1) is 9.92. The van der Waals surface area contributed by atoms with Crippen molar-refractivity contribution in [1.82, 2.24) is 5.32 Å². The highest BCUT2D eigenvalue weighted by Crippen LogP contribution is 2.42. The summed E-state index contributed by atoms with van der Waals surface area (Å²) in [4.78, 5) is 12.2. The third-order valence-corrected chi connectivity index (χ3v) is 4.54. The predicted molar refractivity (Wildman–Crippen MR) is 84.1 cm³/mol. The summed E-state index contributed by atoms with van der Waals surface area (Å²) >= 11 is 5.84. The second-order valence-electron chi connectivity index (χ2n) is 6.61. The van der Waals surface area contributed by atoms with Crippen LogP contribution in [0.1, 0.15) is 56.3 Å². The van der Waals surface area contributed by atoms with Crippen molar-refractivity contribution in [3.63, 3.8) is 0 Å². The second-order valence-corrected chi connectivity index (χ2v) is 7.05. The molecule has 0 heterocycles. The minimum atomic E-state index is -0.527. The lowest BCUT2D eigenvalue weighted by Crippen LogP contribution is -2.37. The number of carbonyl (C=O) groups is 1. The number of rotatable bonds is 5. The maximum Gasteiger partial charge on any atom is 0.254 e. The monoisotopic (exact) mass is 311 g/mol. The van der Waals surface area contributed by atoms with Crippen LogP contribution in [0.4, 0.5) is 4.39 Å². The molecular formula is C17H23ClFNO. The Labute approximate surface area is 131 Å². The Morgan fingerprint density at radius 2 is 2.05 bits per heavy atom. The molecule has 0 saturated heterocycles. The summed E-state index contributed by atoms with van der Waals surface area (Å²) in [5.41, 5.74) is 0.207. The molecule has 0 radical (unpaired) electrons. The molecule has 2 rings (SSSR count). The van der Waals surface area contributed by atoms with Crippen molar-refractivity contribution in [2.75, 3.05) is 6.54 Å². The van der Waals surface area contributed by atoms with Gasteiger partial charge in [0.15, 0.2) is 0 Å². The van der Waals surface area contributed by atoms with Crippen molar-refractivity contribution in [2.24, 2.45) is 11.3 Å². The topological polar surface area (TPSA) is 29.1 Å². The van der Waals surface area contributed by atoms with Crippen molar-refractivity contribution in [3.8, 4) is 0 Å². The Hall–Kier alpha value is -1.09. The molecule has 0 aliphatic heterocycles. The molecule has 1 aromatic carbocycles. The Bertz CT molecular complexity index is 510. The highest BCUT2D eigenvalue weighted by Gasteiger charge is 2.34. The molecule has 0 aromatic heterocycles. The third-order valence-electron chi connectivity index (χ3n) is 4.30. The summed E-state index contributed by atoms with van der Waals surface area (Å²) in [6.07, 6.45) is 5.82. The van der Waals surface area contributed by atoms with Crippen LogP contribution in [0.15, 0.2) is 18.2 Å². The summed E-state index contributed by atoms with van der Waals surface area (Å²) in [7, 11) is 0. The fourth-order valence-corrected chi connectivity index (χ4v) is 3.65. The van der Waals surface area contributed by atoms with Gasteiger partial charge < -0.3 is 5.32 Å². The molecule has 1 amide bonds. The average Bonchev–Trinajstić information content (AvgIpc) is 2.87. The van der Waals surface area contributed by atoms with Crippen molar-refractivity contribution >= 4 is 17.5 Å². The molecule has 0 unspecified atom stereocenters. The zero-order valence-electron chi connectivity index (χ0n) is 12.7. The molecule has 2 nitrogen and oxygen atoms in total. The van der Waals surface area contributed by atoms with Gasteiger partial charge in [0.1, 0.15) is 5.82 Å². The van der Waals surface area contributed by atoms with Gasteiger partial charge in [-0.25, -0.2) is 4.39 Å². The predicted octanol–water partition coefficient (Wildman–Crippen LogP) is 4.82. The normalized spacial score (nSPS) is 17.2. The molecule has 0 atom stereocenters. The van der Waals surface area contributed by atoms with E-state index >= 15 is 0 Å². The van der Waals surface area contributed by atoms with Crippen LogP contribution in [-0.2, 0) is 0 Å². The number of carbonyl (C=O) groups excluding carboxylic acids is 1. The summed E-state index contributed by atoms with van der Waals surface area (Å²) in [6, 6.07) is 4.07. The van der Waals surface area contributed by atoms with Crippen LogP contribution >= 0.6 is 11.6 Å². The number of hydrogen-bond acceptors (Lipinski definition) is 1. The summed E-state index contributed by atoms with van der Waals surface area (Å²) < 4.78 is 13.7. The molecule has 4 heteroatoms. The van der Waals surface area contributed by atoms with E-state index in [2.05, 4.69) is 19.2 Å². The maximum atomic E-state index is 13.7. The van der Waals surface area contributed by atoms with E-state index in [1.807, 2.05) is 0 Å². The molecule has 0 bridgehead atoms. The fraction of sp³-hybridized carbons (Fsp3) is 0.588. The van der Waals surface area contributed by atoms with Gasteiger partial charge in [-0.2, -0.15) is 0 Å². The number of amides is 1. The molecule has 21 heavy (non-hydrogen) atoms. The highest BCUT2D eigenvalue weighted by atomic mass is 35.5. The van der Waals surface area contributed by atoms with Crippen molar-refractivity contribution in [3.05, 3.63) is 34.6 Å². The number of nitrogens with one attached hydrogen (secondary N) is 1. The molecule has 1 aliphatic carbocycles. The van der Waals surface area contributed by atoms with Crippen molar-refractivity contribution < 1.29 is 9.18 Å². The van der Waals surface area contributed by atoms with Gasteiger partial charge >= 0.3 is 0 Å². The van der Waals surface area contributed by atoms with Crippen LogP contribution in [0.3, 0.4) is 0 Å². The standard InChI is InChI=1S/C17H23ClFNO/c1-12(2)10-17(7-3-4-8-17)11-20-16(21)14-9-13(18)5-6-15(14)19/h5-6,9,12H,3-4,7-8,10-11H2,1-2H3,(H,20,21). The fourth-order valence-electron chi connectivity index (χ4n) is 3.48. The van der Waals surface area contributed by atoms with E-state index in [-0.39, 0.29) is 16.9 Å². The van der Waals surface area contributed by atoms with Gasteiger partial charge in [0.05, 0.1) is 5.56 Å². The molecule has 1 fully saturated rings. The van der Waals surface area contributed by atoms with Gasteiger partial charge in [0.25, 0.3) is 5.91 Å². The first-order valence-electron chi connectivity index (χ1n) is 7.65. The van der Waals surface area contributed by atoms with Crippen LogP contribution < -0.4 is 5.32 Å². The lowest BCUT2D eigenvalue weighted by molar-refractivity contribution is 0.0917. The number of halogens is 2. The minimum Gasteiger partial charge on any atom is -0.351 e. The van der Waals surface area contributed by atoms with Gasteiger partial charge in [0, 0.05) is 11.6 Å². The van der Waals surface area contributed by atoms with Crippen LogP contribution in [0.2, 0.25) is 5.02 Å². The molecule has 1 N–H and O–H groups in total. The summed E-state index contributed by atoms with van der Waals surface area (Å²) in [5, 5.41) is 3.29. The zero-order chi connectivity index (χ0) is 15.5. The third kappa shape index (κ3) is 4.19. The summed E-state index contributed by atoms with van der Waals surface area (Å²) in [5.74, 6) is -0.297. The van der Waals surface area contributed by atoms with Gasteiger partial charge in [-0.05, 0) is 48.8 Å². The molecule has 1 aliphatic rings. The van der Waals surface area contributed by atoms with E-state index in [0.717, 1.165) is 19.3 Å². The lowest BCUT2D eigenvalue weighted by Gasteiger charge is -2.31. The van der Waals surface area contributed by atoms with Crippen molar-refractivity contribution in [1.29, 1.82) is 0 Å². The van der Waals surface area contributed by atoms with E-state index < -0.39 is 5.82 Å². The SMILES string of the molecule is CC(C)CC1(CNC(=O)c2cc(Cl)ccc2F)CCCC1. The van der Waals surface area contributed by atoms with Gasteiger partial charge in [0.2, 0.25) is 0 Å². The lowest BCUT2D eigenvalue weighted by atomic mass is 9.78. The van der Waals surface area contributed by atoms with Crippen LogP contribution in [-0.4, -0.2) is 12.5 Å². The van der Waals surface area contributed by atoms with Crippen LogP contribution in [0.5, 0.6) is 0 Å². The Balaban J connectivity index is 2.03. The minimum absolute atomic E-state index is 0.0280. The Morgan fingerprint density at radius 3 is 2.67 bits per heavy atom. The molecule has 1 saturated carbocycles. The highest BCUT2D eigenvalue weighted by molar-refractivity contribution is 6.30. The Kier molecular flexibility index (Phi) is 5.26. The van der Waals surface area contributed by atoms with Crippen LogP contribution in [0.25, 0.3) is 0 Å². The first kappa shape index (κ1) is 16.3. The second kappa shape index (κ2) is 6.78. The summed E-state index contributed by atoms with van der Waals surface area (Å²) in [6.45, 7) is 5.03. The van der Waals surface area contributed by atoms with E-state index in [9.17, 15) is 9.18 Å². The van der Waals surface area contributed by atoms with Gasteiger partial charge in [-0.3, -0.25) is 4.79 Å². The van der Waals surface area contributed by atoms with E-state index in [1.54, 1.807) is 0 Å². The molecule has 116 valence electrons.